The Hall–Kier alpha value is -3.52. The van der Waals surface area contributed by atoms with Crippen LogP contribution >= 0.6 is 0 Å². The summed E-state index contributed by atoms with van der Waals surface area (Å²) in [7, 11) is 0. The first-order valence-electron chi connectivity index (χ1n) is 7.24. The second-order valence-electron chi connectivity index (χ2n) is 4.87. The van der Waals surface area contributed by atoms with E-state index >= 15 is 0 Å². The summed E-state index contributed by atoms with van der Waals surface area (Å²) in [5.74, 6) is 2.80. The monoisotopic (exact) mass is 318 g/mol. The lowest BCUT2D eigenvalue weighted by Gasteiger charge is -2.09. The van der Waals surface area contributed by atoms with Crippen molar-refractivity contribution in [3.63, 3.8) is 0 Å². The first-order valence-corrected chi connectivity index (χ1v) is 7.24. The van der Waals surface area contributed by atoms with Gasteiger partial charge in [-0.3, -0.25) is 4.79 Å². The Bertz CT molecular complexity index is 921. The molecule has 0 saturated heterocycles. The number of furan rings is 1. The van der Waals surface area contributed by atoms with Crippen molar-refractivity contribution < 1.29 is 13.9 Å². The van der Waals surface area contributed by atoms with Gasteiger partial charge < -0.3 is 9.15 Å². The third-order valence-electron chi connectivity index (χ3n) is 3.35. The Morgan fingerprint density at radius 2 is 2.12 bits per heavy atom. The van der Waals surface area contributed by atoms with Gasteiger partial charge in [0.25, 0.3) is 0 Å². The summed E-state index contributed by atoms with van der Waals surface area (Å²) >= 11 is 0. The van der Waals surface area contributed by atoms with E-state index in [0.717, 1.165) is 16.3 Å². The molecule has 1 heterocycles. The lowest BCUT2D eigenvalue weighted by molar-refractivity contribution is 0.0927. The zero-order valence-electron chi connectivity index (χ0n) is 12.7. The molecule has 0 unspecified atom stereocenters. The minimum atomic E-state index is -0.428. The molecule has 1 amide bonds. The molecule has 0 bridgehead atoms. The highest BCUT2D eigenvalue weighted by molar-refractivity contribution is 6.03. The second-order valence-corrected chi connectivity index (χ2v) is 4.87. The molecule has 24 heavy (non-hydrogen) atoms. The van der Waals surface area contributed by atoms with Gasteiger partial charge in [0.15, 0.2) is 5.76 Å². The number of hydrogen-bond donors (Lipinski definition) is 1. The van der Waals surface area contributed by atoms with Crippen LogP contribution in [0.5, 0.6) is 5.75 Å². The minimum Gasteiger partial charge on any atom is -0.480 e. The highest BCUT2D eigenvalue weighted by Crippen LogP contribution is 2.26. The van der Waals surface area contributed by atoms with Crippen molar-refractivity contribution in [2.75, 3.05) is 6.61 Å². The highest BCUT2D eigenvalue weighted by Gasteiger charge is 2.09. The number of carbonyl (C=O) groups is 1. The number of rotatable bonds is 5. The predicted octanol–water partition coefficient (Wildman–Crippen LogP) is 3.21. The third-order valence-corrected chi connectivity index (χ3v) is 3.35. The SMILES string of the molecule is C#CCOc1ccc2ccccc2c1/C=N/NC(=O)c1ccco1. The molecule has 0 radical (unpaired) electrons. The van der Waals surface area contributed by atoms with Crippen molar-refractivity contribution in [2.24, 2.45) is 5.10 Å². The van der Waals surface area contributed by atoms with E-state index in [9.17, 15) is 4.79 Å². The second kappa shape index (κ2) is 7.16. The van der Waals surface area contributed by atoms with Crippen molar-refractivity contribution in [1.82, 2.24) is 5.43 Å². The Labute approximate surface area is 138 Å². The molecule has 0 atom stereocenters. The lowest BCUT2D eigenvalue weighted by Crippen LogP contribution is -2.16. The van der Waals surface area contributed by atoms with E-state index in [1.807, 2.05) is 36.4 Å². The zero-order valence-corrected chi connectivity index (χ0v) is 12.7. The molecule has 2 aromatic carbocycles. The predicted molar refractivity (Wildman–Crippen MR) is 92.0 cm³/mol. The number of hydrazone groups is 1. The molecule has 0 spiro atoms. The number of carbonyl (C=O) groups excluding carboxylic acids is 1. The molecular formula is C19H14N2O3. The van der Waals surface area contributed by atoms with Crippen LogP contribution in [0.15, 0.2) is 64.3 Å². The maximum absolute atomic E-state index is 11.8. The van der Waals surface area contributed by atoms with Gasteiger partial charge in [-0.15, -0.1) is 6.42 Å². The summed E-state index contributed by atoms with van der Waals surface area (Å²) < 4.78 is 10.6. The molecule has 118 valence electrons. The number of fused-ring (bicyclic) bond motifs is 1. The summed E-state index contributed by atoms with van der Waals surface area (Å²) in [4.78, 5) is 11.8. The summed E-state index contributed by atoms with van der Waals surface area (Å²) in [6, 6.07) is 14.8. The van der Waals surface area contributed by atoms with E-state index in [1.54, 1.807) is 12.1 Å². The minimum absolute atomic E-state index is 0.151. The standard InChI is InChI=1S/C19H14N2O3/c1-2-11-23-17-10-9-14-6-3-4-7-15(14)16(17)13-20-21-19(22)18-8-5-12-24-18/h1,3-10,12-13H,11H2,(H,21,22)/b20-13+. The van der Waals surface area contributed by atoms with Crippen LogP contribution in [-0.4, -0.2) is 18.7 Å². The van der Waals surface area contributed by atoms with Gasteiger partial charge in [0, 0.05) is 5.56 Å². The summed E-state index contributed by atoms with van der Waals surface area (Å²) in [5.41, 5.74) is 3.16. The van der Waals surface area contributed by atoms with Crippen LogP contribution in [0.4, 0.5) is 0 Å². The van der Waals surface area contributed by atoms with Crippen LogP contribution in [-0.2, 0) is 0 Å². The molecule has 1 aromatic heterocycles. The summed E-state index contributed by atoms with van der Waals surface area (Å²) in [6.07, 6.45) is 8.22. The molecule has 3 aromatic rings. The average Bonchev–Trinajstić information content (AvgIpc) is 3.15. The van der Waals surface area contributed by atoms with Gasteiger partial charge in [0.1, 0.15) is 12.4 Å². The van der Waals surface area contributed by atoms with Gasteiger partial charge in [-0.1, -0.05) is 36.3 Å². The Morgan fingerprint density at radius 1 is 1.25 bits per heavy atom. The number of benzene rings is 2. The first-order chi connectivity index (χ1) is 11.8. The van der Waals surface area contributed by atoms with Gasteiger partial charge in [0.05, 0.1) is 12.5 Å². The fourth-order valence-corrected chi connectivity index (χ4v) is 2.27. The topological polar surface area (TPSA) is 63.8 Å². The van der Waals surface area contributed by atoms with E-state index in [4.69, 9.17) is 15.6 Å². The van der Waals surface area contributed by atoms with E-state index in [2.05, 4.69) is 16.4 Å². The van der Waals surface area contributed by atoms with Gasteiger partial charge >= 0.3 is 5.91 Å². The van der Waals surface area contributed by atoms with Crippen molar-refractivity contribution in [3.05, 3.63) is 66.1 Å². The van der Waals surface area contributed by atoms with Gasteiger partial charge in [-0.25, -0.2) is 5.43 Å². The normalized spacial score (nSPS) is 10.6. The summed E-state index contributed by atoms with van der Waals surface area (Å²) in [6.45, 7) is 0.151. The van der Waals surface area contributed by atoms with Crippen molar-refractivity contribution >= 4 is 22.9 Å². The van der Waals surface area contributed by atoms with Gasteiger partial charge in [-0.05, 0) is 29.0 Å². The number of nitrogens with zero attached hydrogens (tertiary/aromatic N) is 1. The molecule has 0 aliphatic rings. The Balaban J connectivity index is 1.89. The highest BCUT2D eigenvalue weighted by atomic mass is 16.5. The van der Waals surface area contributed by atoms with E-state index in [0.29, 0.717) is 5.75 Å². The van der Waals surface area contributed by atoms with Gasteiger partial charge in [-0.2, -0.15) is 5.10 Å². The molecule has 5 heteroatoms. The van der Waals surface area contributed by atoms with Crippen molar-refractivity contribution in [2.45, 2.75) is 0 Å². The Morgan fingerprint density at radius 3 is 2.92 bits per heavy atom. The fourth-order valence-electron chi connectivity index (χ4n) is 2.27. The van der Waals surface area contributed by atoms with Crippen molar-refractivity contribution in [1.29, 1.82) is 0 Å². The molecule has 0 aliphatic heterocycles. The van der Waals surface area contributed by atoms with Crippen LogP contribution in [0.2, 0.25) is 0 Å². The molecule has 0 saturated carbocycles. The van der Waals surface area contributed by atoms with Gasteiger partial charge in [0.2, 0.25) is 0 Å². The Kier molecular flexibility index (Phi) is 4.59. The molecule has 1 N–H and O–H groups in total. The van der Waals surface area contributed by atoms with E-state index < -0.39 is 5.91 Å². The maximum atomic E-state index is 11.8. The zero-order chi connectivity index (χ0) is 16.8. The van der Waals surface area contributed by atoms with Crippen LogP contribution in [0.3, 0.4) is 0 Å². The number of nitrogens with one attached hydrogen (secondary N) is 1. The number of hydrogen-bond acceptors (Lipinski definition) is 4. The molecule has 3 rings (SSSR count). The van der Waals surface area contributed by atoms with Crippen LogP contribution < -0.4 is 10.2 Å². The van der Waals surface area contributed by atoms with E-state index in [1.165, 1.54) is 12.5 Å². The van der Waals surface area contributed by atoms with Crippen LogP contribution in [0.1, 0.15) is 16.1 Å². The lowest BCUT2D eigenvalue weighted by atomic mass is 10.0. The molecule has 5 nitrogen and oxygen atoms in total. The fraction of sp³-hybridized carbons (Fsp3) is 0.0526. The third kappa shape index (κ3) is 3.28. The van der Waals surface area contributed by atoms with E-state index in [-0.39, 0.29) is 12.4 Å². The maximum Gasteiger partial charge on any atom is 0.307 e. The largest absolute Gasteiger partial charge is 0.480 e. The van der Waals surface area contributed by atoms with Crippen LogP contribution in [0.25, 0.3) is 10.8 Å². The molecule has 0 fully saturated rings. The number of terminal acetylenes is 1. The average molecular weight is 318 g/mol. The summed E-state index contributed by atoms with van der Waals surface area (Å²) in [5, 5.41) is 5.98. The first kappa shape index (κ1) is 15.4. The molecular weight excluding hydrogens is 304 g/mol. The van der Waals surface area contributed by atoms with Crippen molar-refractivity contribution in [3.8, 4) is 18.1 Å². The quantitative estimate of drug-likeness (QED) is 0.446. The number of amides is 1. The smallest absolute Gasteiger partial charge is 0.307 e. The van der Waals surface area contributed by atoms with Crippen LogP contribution in [0, 0.1) is 12.3 Å². The molecule has 0 aliphatic carbocycles. The number of ether oxygens (including phenoxy) is 1.